The molecule has 2 amide bonds. The lowest BCUT2D eigenvalue weighted by atomic mass is 10.1. The van der Waals surface area contributed by atoms with Crippen molar-refractivity contribution in [3.8, 4) is 10.6 Å². The molecule has 0 spiro atoms. The summed E-state index contributed by atoms with van der Waals surface area (Å²) in [6.45, 7) is 4.34. The van der Waals surface area contributed by atoms with Crippen molar-refractivity contribution in [2.24, 2.45) is 0 Å². The maximum Gasteiger partial charge on any atom is 0.267 e. The lowest BCUT2D eigenvalue weighted by Gasteiger charge is -2.26. The highest BCUT2D eigenvalue weighted by Gasteiger charge is 2.18. The Bertz CT molecular complexity index is 991. The molecule has 29 heavy (non-hydrogen) atoms. The summed E-state index contributed by atoms with van der Waals surface area (Å²) in [6.07, 6.45) is 0.353. The predicted molar refractivity (Wildman–Crippen MR) is 116 cm³/mol. The third-order valence-electron chi connectivity index (χ3n) is 4.70. The van der Waals surface area contributed by atoms with E-state index < -0.39 is 0 Å². The van der Waals surface area contributed by atoms with Crippen LogP contribution in [0.2, 0.25) is 0 Å². The fourth-order valence-electron chi connectivity index (χ4n) is 3.11. The van der Waals surface area contributed by atoms with Gasteiger partial charge in [-0.2, -0.15) is 11.3 Å². The Hall–Kier alpha value is -2.55. The van der Waals surface area contributed by atoms with Gasteiger partial charge in [-0.1, -0.05) is 12.1 Å². The van der Waals surface area contributed by atoms with Crippen molar-refractivity contribution < 1.29 is 14.3 Å². The number of rotatable bonds is 5. The molecule has 1 fully saturated rings. The summed E-state index contributed by atoms with van der Waals surface area (Å²) in [6, 6.07) is 9.42. The smallest absolute Gasteiger partial charge is 0.267 e. The number of nitrogens with one attached hydrogen (secondary N) is 1. The minimum absolute atomic E-state index is 0.103. The van der Waals surface area contributed by atoms with E-state index in [1.165, 1.54) is 11.3 Å². The first-order valence-corrected chi connectivity index (χ1v) is 11.1. The third-order valence-corrected chi connectivity index (χ3v) is 6.59. The Morgan fingerprint density at radius 1 is 1.17 bits per heavy atom. The maximum atomic E-state index is 12.7. The number of anilines is 1. The van der Waals surface area contributed by atoms with Crippen molar-refractivity contribution in [2.75, 3.05) is 31.6 Å². The molecule has 0 aliphatic carbocycles. The zero-order valence-corrected chi connectivity index (χ0v) is 17.6. The number of aryl methyl sites for hydroxylation is 1. The first kappa shape index (κ1) is 19.8. The molecule has 6 nitrogen and oxygen atoms in total. The number of amides is 2. The molecule has 0 unspecified atom stereocenters. The maximum absolute atomic E-state index is 12.7. The second-order valence-electron chi connectivity index (χ2n) is 6.77. The van der Waals surface area contributed by atoms with Gasteiger partial charge in [-0.15, -0.1) is 11.3 Å². The standard InChI is InChI=1S/C21H21N3O3S2/c1-14-19(29-21(22-14)16-6-11-28-13-16)20(26)23-17-4-2-15(3-5-17)12-18(25)24-7-9-27-10-8-24/h2-6,11,13H,7-10,12H2,1H3,(H,23,26). The monoisotopic (exact) mass is 427 g/mol. The third kappa shape index (κ3) is 4.72. The van der Waals surface area contributed by atoms with E-state index in [0.29, 0.717) is 43.3 Å². The molecular formula is C21H21N3O3S2. The first-order chi connectivity index (χ1) is 14.1. The van der Waals surface area contributed by atoms with Gasteiger partial charge >= 0.3 is 0 Å². The molecule has 150 valence electrons. The van der Waals surface area contributed by atoms with E-state index in [1.807, 2.05) is 52.9 Å². The van der Waals surface area contributed by atoms with Crippen LogP contribution >= 0.6 is 22.7 Å². The van der Waals surface area contributed by atoms with Crippen LogP contribution in [0.1, 0.15) is 20.9 Å². The molecule has 1 N–H and O–H groups in total. The summed E-state index contributed by atoms with van der Waals surface area (Å²) in [5.41, 5.74) is 3.38. The van der Waals surface area contributed by atoms with E-state index in [1.54, 1.807) is 11.3 Å². The molecule has 2 aromatic heterocycles. The summed E-state index contributed by atoms with van der Waals surface area (Å²) in [4.78, 5) is 32.0. The van der Waals surface area contributed by atoms with Crippen LogP contribution in [-0.4, -0.2) is 48.0 Å². The molecule has 0 radical (unpaired) electrons. The summed E-state index contributed by atoms with van der Waals surface area (Å²) in [7, 11) is 0. The molecule has 1 saturated heterocycles. The average molecular weight is 428 g/mol. The lowest BCUT2D eigenvalue weighted by Crippen LogP contribution is -2.41. The second kappa shape index (κ2) is 8.86. The van der Waals surface area contributed by atoms with Gasteiger partial charge in [0.15, 0.2) is 0 Å². The van der Waals surface area contributed by atoms with Gasteiger partial charge in [0.2, 0.25) is 5.91 Å². The molecule has 1 aliphatic heterocycles. The number of aromatic nitrogens is 1. The number of thiazole rings is 1. The molecule has 1 aromatic carbocycles. The number of hydrogen-bond donors (Lipinski definition) is 1. The average Bonchev–Trinajstić information content (AvgIpc) is 3.40. The zero-order valence-electron chi connectivity index (χ0n) is 16.0. The van der Waals surface area contributed by atoms with Crippen molar-refractivity contribution in [2.45, 2.75) is 13.3 Å². The Morgan fingerprint density at radius 3 is 2.62 bits per heavy atom. The SMILES string of the molecule is Cc1nc(-c2ccsc2)sc1C(=O)Nc1ccc(CC(=O)N2CCOCC2)cc1. The highest BCUT2D eigenvalue weighted by atomic mass is 32.1. The van der Waals surface area contributed by atoms with Crippen molar-refractivity contribution >= 4 is 40.2 Å². The Labute approximate surface area is 177 Å². The van der Waals surface area contributed by atoms with E-state index in [9.17, 15) is 9.59 Å². The molecule has 8 heteroatoms. The van der Waals surface area contributed by atoms with Crippen LogP contribution in [0.5, 0.6) is 0 Å². The number of benzene rings is 1. The van der Waals surface area contributed by atoms with Crippen molar-refractivity contribution in [3.63, 3.8) is 0 Å². The largest absolute Gasteiger partial charge is 0.378 e. The zero-order chi connectivity index (χ0) is 20.2. The van der Waals surface area contributed by atoms with Crippen LogP contribution in [0.3, 0.4) is 0 Å². The number of carbonyl (C=O) groups is 2. The van der Waals surface area contributed by atoms with Crippen LogP contribution in [0.25, 0.3) is 10.6 Å². The number of thiophene rings is 1. The highest BCUT2D eigenvalue weighted by Crippen LogP contribution is 2.30. The molecule has 1 aliphatic rings. The fraction of sp³-hybridized carbons (Fsp3) is 0.286. The van der Waals surface area contributed by atoms with Crippen LogP contribution < -0.4 is 5.32 Å². The van der Waals surface area contributed by atoms with Crippen molar-refractivity contribution in [3.05, 3.63) is 57.2 Å². The lowest BCUT2D eigenvalue weighted by molar-refractivity contribution is -0.134. The Kier molecular flexibility index (Phi) is 6.03. The molecule has 3 aromatic rings. The van der Waals surface area contributed by atoms with Crippen LogP contribution in [0.15, 0.2) is 41.1 Å². The number of hydrogen-bond acceptors (Lipinski definition) is 6. The molecule has 0 bridgehead atoms. The van der Waals surface area contributed by atoms with Gasteiger partial charge in [0.05, 0.1) is 25.3 Å². The molecule has 4 rings (SSSR count). The number of morpholine rings is 1. The summed E-state index contributed by atoms with van der Waals surface area (Å²) in [5, 5.41) is 7.80. The van der Waals surface area contributed by atoms with E-state index in [-0.39, 0.29) is 11.8 Å². The second-order valence-corrected chi connectivity index (χ2v) is 8.55. The van der Waals surface area contributed by atoms with Gasteiger partial charge in [0.25, 0.3) is 5.91 Å². The van der Waals surface area contributed by atoms with Crippen LogP contribution in [0.4, 0.5) is 5.69 Å². The van der Waals surface area contributed by atoms with Crippen LogP contribution in [0, 0.1) is 6.92 Å². The van der Waals surface area contributed by atoms with Crippen LogP contribution in [-0.2, 0) is 16.0 Å². The minimum atomic E-state index is -0.168. The molecule has 0 saturated carbocycles. The minimum Gasteiger partial charge on any atom is -0.378 e. The Balaban J connectivity index is 1.38. The number of carbonyl (C=O) groups excluding carboxylic acids is 2. The molecular weight excluding hydrogens is 406 g/mol. The Morgan fingerprint density at radius 2 is 1.93 bits per heavy atom. The van der Waals surface area contributed by atoms with Crippen molar-refractivity contribution in [1.29, 1.82) is 0 Å². The quantitative estimate of drug-likeness (QED) is 0.672. The summed E-state index contributed by atoms with van der Waals surface area (Å²) >= 11 is 3.00. The van der Waals surface area contributed by atoms with Gasteiger partial charge in [0.1, 0.15) is 9.88 Å². The summed E-state index contributed by atoms with van der Waals surface area (Å²) in [5.74, 6) is -0.0649. The number of nitrogens with zero attached hydrogens (tertiary/aromatic N) is 2. The van der Waals surface area contributed by atoms with Crippen molar-refractivity contribution in [1.82, 2.24) is 9.88 Å². The normalized spacial score (nSPS) is 14.0. The first-order valence-electron chi connectivity index (χ1n) is 9.36. The predicted octanol–water partition coefficient (Wildman–Crippen LogP) is 3.83. The fourth-order valence-corrected chi connectivity index (χ4v) is 4.78. The van der Waals surface area contributed by atoms with Gasteiger partial charge in [0, 0.05) is 29.7 Å². The highest BCUT2D eigenvalue weighted by molar-refractivity contribution is 7.17. The van der Waals surface area contributed by atoms with E-state index in [0.717, 1.165) is 21.8 Å². The number of ether oxygens (including phenoxy) is 1. The topological polar surface area (TPSA) is 71.5 Å². The summed E-state index contributed by atoms with van der Waals surface area (Å²) < 4.78 is 5.28. The van der Waals surface area contributed by atoms with Gasteiger partial charge in [-0.25, -0.2) is 4.98 Å². The van der Waals surface area contributed by atoms with Gasteiger partial charge in [-0.05, 0) is 36.1 Å². The molecule has 3 heterocycles. The van der Waals surface area contributed by atoms with Gasteiger partial charge < -0.3 is 15.0 Å². The van der Waals surface area contributed by atoms with Gasteiger partial charge in [-0.3, -0.25) is 9.59 Å². The van der Waals surface area contributed by atoms with E-state index >= 15 is 0 Å². The van der Waals surface area contributed by atoms with E-state index in [4.69, 9.17) is 4.74 Å². The van der Waals surface area contributed by atoms with E-state index in [2.05, 4.69) is 10.3 Å². The molecule has 0 atom stereocenters.